The Morgan fingerprint density at radius 2 is 1.97 bits per heavy atom. The molecule has 13 heteroatoms. The minimum absolute atomic E-state index is 0.0543. The first kappa shape index (κ1) is 27.3. The lowest BCUT2D eigenvalue weighted by atomic mass is 10.0. The summed E-state index contributed by atoms with van der Waals surface area (Å²) in [7, 11) is 0. The zero-order valence-corrected chi connectivity index (χ0v) is 21.3. The molecule has 10 nitrogen and oxygen atoms in total. The van der Waals surface area contributed by atoms with Crippen LogP contribution in [0.4, 0.5) is 29.6 Å². The summed E-state index contributed by atoms with van der Waals surface area (Å²) in [5.41, 5.74) is -0.139. The number of urea groups is 1. The van der Waals surface area contributed by atoms with Crippen LogP contribution in [-0.2, 0) is 24.0 Å². The molecule has 1 saturated heterocycles. The molecule has 0 saturated carbocycles. The molecule has 2 aromatic heterocycles. The highest BCUT2D eigenvalue weighted by Crippen LogP contribution is 2.35. The molecule has 0 atom stereocenters. The summed E-state index contributed by atoms with van der Waals surface area (Å²) in [4.78, 5) is 22.4. The molecule has 2 amide bonds. The Labute approximate surface area is 217 Å². The minimum Gasteiger partial charge on any atom is -0.394 e. The van der Waals surface area contributed by atoms with Gasteiger partial charge >= 0.3 is 12.2 Å². The van der Waals surface area contributed by atoms with Crippen LogP contribution >= 0.6 is 0 Å². The van der Waals surface area contributed by atoms with Gasteiger partial charge in [-0.05, 0) is 38.5 Å². The Balaban J connectivity index is 1.44. The Morgan fingerprint density at radius 1 is 1.21 bits per heavy atom. The van der Waals surface area contributed by atoms with E-state index in [1.807, 2.05) is 20.8 Å². The van der Waals surface area contributed by atoms with Gasteiger partial charge in [-0.25, -0.2) is 14.8 Å². The number of carbonyl (C=O) groups is 1. The van der Waals surface area contributed by atoms with Gasteiger partial charge in [0, 0.05) is 24.5 Å². The van der Waals surface area contributed by atoms with Crippen molar-refractivity contribution < 1.29 is 27.8 Å². The molecule has 0 bridgehead atoms. The second-order valence-electron chi connectivity index (χ2n) is 9.89. The monoisotopic (exact) mass is 533 g/mol. The van der Waals surface area contributed by atoms with Crippen molar-refractivity contribution in [2.24, 2.45) is 0 Å². The van der Waals surface area contributed by atoms with Crippen molar-refractivity contribution in [3.63, 3.8) is 0 Å². The van der Waals surface area contributed by atoms with Gasteiger partial charge in [0.1, 0.15) is 0 Å². The lowest BCUT2D eigenvalue weighted by Crippen LogP contribution is -2.59. The molecule has 1 aromatic carbocycles. The van der Waals surface area contributed by atoms with Crippen LogP contribution in [0.2, 0.25) is 0 Å². The number of aliphatic hydroxyl groups excluding tert-OH is 1. The molecular formula is C25H30F3N7O3. The maximum atomic E-state index is 13.9. The number of nitrogens with one attached hydrogen (secondary N) is 2. The average Bonchev–Trinajstić information content (AvgIpc) is 3.25. The zero-order valence-electron chi connectivity index (χ0n) is 21.3. The first-order valence-corrected chi connectivity index (χ1v) is 12.1. The first-order valence-electron chi connectivity index (χ1n) is 12.1. The highest BCUT2D eigenvalue weighted by molar-refractivity contribution is 5.75. The number of halogens is 3. The number of aliphatic hydroxyl groups is 1. The quantitative estimate of drug-likeness (QED) is 0.403. The van der Waals surface area contributed by atoms with E-state index < -0.39 is 17.8 Å². The van der Waals surface area contributed by atoms with Gasteiger partial charge in [-0.3, -0.25) is 4.68 Å². The van der Waals surface area contributed by atoms with E-state index in [2.05, 4.69) is 25.7 Å². The Kier molecular flexibility index (Phi) is 7.88. The number of carbonyl (C=O) groups excluding carboxylic acids is 1. The van der Waals surface area contributed by atoms with Gasteiger partial charge in [0.15, 0.2) is 0 Å². The van der Waals surface area contributed by atoms with Crippen LogP contribution in [0.1, 0.15) is 31.9 Å². The predicted molar refractivity (Wildman–Crippen MR) is 134 cm³/mol. The van der Waals surface area contributed by atoms with Crippen molar-refractivity contribution in [2.75, 3.05) is 25.0 Å². The third kappa shape index (κ3) is 6.98. The van der Waals surface area contributed by atoms with Gasteiger partial charge in [-0.1, -0.05) is 12.1 Å². The maximum Gasteiger partial charge on any atom is 0.416 e. The fourth-order valence-corrected chi connectivity index (χ4v) is 3.98. The van der Waals surface area contributed by atoms with Crippen molar-refractivity contribution in [3.05, 3.63) is 54.0 Å². The van der Waals surface area contributed by atoms with E-state index in [1.54, 1.807) is 6.20 Å². The Bertz CT molecular complexity index is 1270. The standard InChI is InChI=1S/C25H30F3N7O3/c1-24(2,3)38-19-14-34(15-19)23(37)30-11-17-5-4-16(10-20(17)25(26,27)28)21-6-7-29-22(33-21)32-18-12-31-35(13-18)8-9-36/h4-7,10,12-13,19,36H,8-9,11,14-15H2,1-3H3,(H,30,37)(H,29,32,33). The van der Waals surface area contributed by atoms with Crippen molar-refractivity contribution in [1.82, 2.24) is 30.0 Å². The smallest absolute Gasteiger partial charge is 0.394 e. The number of hydrogen-bond acceptors (Lipinski definition) is 7. The number of benzene rings is 1. The van der Waals surface area contributed by atoms with E-state index in [0.717, 1.165) is 6.07 Å². The predicted octanol–water partition coefficient (Wildman–Crippen LogP) is 3.80. The first-order chi connectivity index (χ1) is 17.9. The SMILES string of the molecule is CC(C)(C)OC1CN(C(=O)NCc2ccc(-c3ccnc(Nc4cnn(CCO)c4)n3)cc2C(F)(F)F)C1. The van der Waals surface area contributed by atoms with Gasteiger partial charge < -0.3 is 25.4 Å². The van der Waals surface area contributed by atoms with Gasteiger partial charge in [-0.2, -0.15) is 18.3 Å². The maximum absolute atomic E-state index is 13.9. The van der Waals surface area contributed by atoms with E-state index in [1.165, 1.54) is 40.2 Å². The highest BCUT2D eigenvalue weighted by atomic mass is 19.4. The number of ether oxygens (including phenoxy) is 1. The van der Waals surface area contributed by atoms with Crippen LogP contribution in [0.25, 0.3) is 11.3 Å². The molecule has 1 fully saturated rings. The number of alkyl halides is 3. The molecule has 204 valence electrons. The van der Waals surface area contributed by atoms with Gasteiger partial charge in [-0.15, -0.1) is 0 Å². The molecule has 38 heavy (non-hydrogen) atoms. The van der Waals surface area contributed by atoms with Gasteiger partial charge in [0.25, 0.3) is 0 Å². The number of hydrogen-bond donors (Lipinski definition) is 3. The molecule has 3 N–H and O–H groups in total. The van der Waals surface area contributed by atoms with Crippen LogP contribution in [0.15, 0.2) is 42.9 Å². The van der Waals surface area contributed by atoms with Crippen molar-refractivity contribution >= 4 is 17.7 Å². The number of amides is 2. The van der Waals surface area contributed by atoms with Crippen molar-refractivity contribution in [1.29, 1.82) is 0 Å². The lowest BCUT2D eigenvalue weighted by molar-refractivity contribution is -0.138. The van der Waals surface area contributed by atoms with Crippen LogP contribution < -0.4 is 10.6 Å². The van der Waals surface area contributed by atoms with Crippen LogP contribution in [0.5, 0.6) is 0 Å². The molecule has 0 radical (unpaired) electrons. The Hall–Kier alpha value is -3.71. The third-order valence-electron chi connectivity index (χ3n) is 5.67. The second-order valence-corrected chi connectivity index (χ2v) is 9.89. The van der Waals surface area contributed by atoms with Gasteiger partial charge in [0.05, 0.1) is 61.1 Å². The van der Waals surface area contributed by atoms with E-state index in [0.29, 0.717) is 25.3 Å². The van der Waals surface area contributed by atoms with Crippen LogP contribution in [0.3, 0.4) is 0 Å². The summed E-state index contributed by atoms with van der Waals surface area (Å²) < 4.78 is 49.1. The lowest BCUT2D eigenvalue weighted by Gasteiger charge is -2.41. The largest absolute Gasteiger partial charge is 0.416 e. The summed E-state index contributed by atoms with van der Waals surface area (Å²) in [5, 5.41) is 18.6. The summed E-state index contributed by atoms with van der Waals surface area (Å²) in [5.74, 6) is 0.180. The topological polar surface area (TPSA) is 117 Å². The number of aromatic nitrogens is 4. The summed E-state index contributed by atoms with van der Waals surface area (Å²) in [6.07, 6.45) is -0.111. The molecule has 0 aliphatic carbocycles. The molecule has 0 spiro atoms. The van der Waals surface area contributed by atoms with E-state index in [4.69, 9.17) is 9.84 Å². The number of anilines is 2. The van der Waals surface area contributed by atoms with E-state index in [9.17, 15) is 18.0 Å². The Morgan fingerprint density at radius 3 is 2.66 bits per heavy atom. The number of likely N-dealkylation sites (tertiary alicyclic amines) is 1. The molecular weight excluding hydrogens is 503 g/mol. The zero-order chi connectivity index (χ0) is 27.5. The second kappa shape index (κ2) is 11.0. The fraction of sp³-hybridized carbons (Fsp3) is 0.440. The summed E-state index contributed by atoms with van der Waals surface area (Å²) >= 11 is 0. The number of nitrogens with zero attached hydrogens (tertiary/aromatic N) is 5. The molecule has 1 aliphatic rings. The van der Waals surface area contributed by atoms with Gasteiger partial charge in [0.2, 0.25) is 5.95 Å². The normalized spacial score (nSPS) is 14.3. The molecule has 4 rings (SSSR count). The summed E-state index contributed by atoms with van der Waals surface area (Å²) in [6, 6.07) is 4.96. The average molecular weight is 534 g/mol. The third-order valence-corrected chi connectivity index (χ3v) is 5.67. The fourth-order valence-electron chi connectivity index (χ4n) is 3.98. The molecule has 0 unspecified atom stereocenters. The van der Waals surface area contributed by atoms with Crippen LogP contribution in [0, 0.1) is 0 Å². The van der Waals surface area contributed by atoms with Crippen molar-refractivity contribution in [3.8, 4) is 11.3 Å². The van der Waals surface area contributed by atoms with Crippen LogP contribution in [-0.4, -0.2) is 67.2 Å². The molecule has 1 aliphatic heterocycles. The minimum atomic E-state index is -4.63. The highest BCUT2D eigenvalue weighted by Gasteiger charge is 2.36. The van der Waals surface area contributed by atoms with E-state index in [-0.39, 0.29) is 47.6 Å². The molecule has 3 heterocycles. The molecule has 3 aromatic rings. The van der Waals surface area contributed by atoms with Crippen molar-refractivity contribution in [2.45, 2.75) is 51.7 Å². The summed E-state index contributed by atoms with van der Waals surface area (Å²) in [6.45, 7) is 6.52. The number of rotatable bonds is 8. The van der Waals surface area contributed by atoms with E-state index >= 15 is 0 Å².